The molecule has 2 fully saturated rings. The Labute approximate surface area is 223 Å². The summed E-state index contributed by atoms with van der Waals surface area (Å²) >= 11 is 0. The molecule has 2 heterocycles. The van der Waals surface area contributed by atoms with Crippen LogP contribution in [0.4, 0.5) is 18.0 Å². The molecule has 0 aromatic heterocycles. The molecule has 0 unspecified atom stereocenters. The molecular weight excluding hydrogens is 525 g/mol. The van der Waals surface area contributed by atoms with Gasteiger partial charge in [-0.25, -0.2) is 9.59 Å². The zero-order valence-corrected chi connectivity index (χ0v) is 22.2. The number of amides is 4. The standard InChI is InChI=1S/C23H32N4O5.C2HF3O2/c1-6-27(22(31)24-14(2)3)13-16-17-18(20(29)26(4)19(17)28)23(25-16,21(30)32-5)12-15-10-8-7-9-11-15;3-2(4,5)1(6)7/h7-11,14,16-18,25H,6,12-13H2,1-5H3,(H,24,31);(H,6,7)/t16-,17+,18-,23-;/m1./s1. The van der Waals surface area contributed by atoms with Gasteiger partial charge in [-0.1, -0.05) is 30.3 Å². The zero-order valence-electron chi connectivity index (χ0n) is 22.2. The Balaban J connectivity index is 0.000000673. The molecule has 0 aliphatic carbocycles. The number of imide groups is 1. The van der Waals surface area contributed by atoms with Crippen LogP contribution in [-0.2, 0) is 30.3 Å². The lowest BCUT2D eigenvalue weighted by molar-refractivity contribution is -0.192. The van der Waals surface area contributed by atoms with E-state index in [-0.39, 0.29) is 30.9 Å². The van der Waals surface area contributed by atoms with E-state index < -0.39 is 47.4 Å². The van der Waals surface area contributed by atoms with Crippen molar-refractivity contribution < 1.29 is 47.0 Å². The molecule has 2 aliphatic heterocycles. The lowest BCUT2D eigenvalue weighted by Gasteiger charge is -2.33. The van der Waals surface area contributed by atoms with E-state index in [1.54, 1.807) is 4.90 Å². The quantitative estimate of drug-likeness (QED) is 0.337. The number of esters is 1. The highest BCUT2D eigenvalue weighted by atomic mass is 19.4. The smallest absolute Gasteiger partial charge is 0.475 e. The minimum Gasteiger partial charge on any atom is -0.475 e. The van der Waals surface area contributed by atoms with Crippen molar-refractivity contribution in [3.05, 3.63) is 35.9 Å². The van der Waals surface area contributed by atoms with Gasteiger partial charge >= 0.3 is 24.1 Å². The van der Waals surface area contributed by atoms with Gasteiger partial charge in [0.2, 0.25) is 11.8 Å². The molecule has 4 atom stereocenters. The van der Waals surface area contributed by atoms with E-state index in [1.807, 2.05) is 51.1 Å². The van der Waals surface area contributed by atoms with Crippen molar-refractivity contribution in [2.24, 2.45) is 11.8 Å². The maximum Gasteiger partial charge on any atom is 0.490 e. The van der Waals surface area contributed by atoms with Gasteiger partial charge in [0.1, 0.15) is 5.54 Å². The van der Waals surface area contributed by atoms with Gasteiger partial charge in [-0.05, 0) is 26.3 Å². The molecule has 14 heteroatoms. The van der Waals surface area contributed by atoms with E-state index in [2.05, 4.69) is 10.6 Å². The fourth-order valence-corrected chi connectivity index (χ4v) is 4.88. The summed E-state index contributed by atoms with van der Waals surface area (Å²) in [7, 11) is 2.71. The average molecular weight is 559 g/mol. The third-order valence-electron chi connectivity index (χ3n) is 6.59. The number of hydrogen-bond acceptors (Lipinski definition) is 7. The van der Waals surface area contributed by atoms with Gasteiger partial charge in [-0.15, -0.1) is 0 Å². The van der Waals surface area contributed by atoms with Crippen molar-refractivity contribution in [1.82, 2.24) is 20.4 Å². The van der Waals surface area contributed by atoms with Crippen LogP contribution in [0.3, 0.4) is 0 Å². The zero-order chi connectivity index (χ0) is 29.7. The van der Waals surface area contributed by atoms with Gasteiger partial charge in [0.05, 0.1) is 18.9 Å². The van der Waals surface area contributed by atoms with Crippen molar-refractivity contribution in [2.75, 3.05) is 27.2 Å². The maximum absolute atomic E-state index is 13.2. The number of ether oxygens (including phenoxy) is 1. The van der Waals surface area contributed by atoms with Crippen molar-refractivity contribution in [3.8, 4) is 0 Å². The number of carbonyl (C=O) groups is 5. The summed E-state index contributed by atoms with van der Waals surface area (Å²) in [6.45, 7) is 6.17. The fourth-order valence-electron chi connectivity index (χ4n) is 4.88. The van der Waals surface area contributed by atoms with Crippen molar-refractivity contribution in [1.29, 1.82) is 0 Å². The Morgan fingerprint density at radius 1 is 1.18 bits per heavy atom. The van der Waals surface area contributed by atoms with E-state index in [4.69, 9.17) is 14.6 Å². The van der Waals surface area contributed by atoms with Gasteiger partial charge in [-0.3, -0.25) is 24.6 Å². The molecule has 3 N–H and O–H groups in total. The summed E-state index contributed by atoms with van der Waals surface area (Å²) in [4.78, 5) is 63.6. The third kappa shape index (κ3) is 6.85. The Kier molecular flexibility index (Phi) is 10.1. The van der Waals surface area contributed by atoms with Crippen LogP contribution in [0.25, 0.3) is 0 Å². The molecule has 0 bridgehead atoms. The van der Waals surface area contributed by atoms with Crippen LogP contribution in [0.1, 0.15) is 26.3 Å². The summed E-state index contributed by atoms with van der Waals surface area (Å²) in [5.74, 6) is -5.79. The summed E-state index contributed by atoms with van der Waals surface area (Å²) in [5.41, 5.74) is -0.568. The monoisotopic (exact) mass is 558 g/mol. The number of nitrogens with zero attached hydrogens (tertiary/aromatic N) is 2. The number of likely N-dealkylation sites (tertiary alicyclic amines) is 1. The minimum absolute atomic E-state index is 0.0473. The first-order valence-corrected chi connectivity index (χ1v) is 12.2. The number of fused-ring (bicyclic) bond motifs is 1. The SMILES string of the molecule is CCN(C[C@H]1N[C@@](Cc2ccccc2)(C(=O)OC)[C@H]2C(=O)N(C)C(=O)[C@@H]12)C(=O)NC(C)C.O=C(O)C(F)(F)F. The Morgan fingerprint density at radius 3 is 2.21 bits per heavy atom. The van der Waals surface area contributed by atoms with Gasteiger partial charge < -0.3 is 20.1 Å². The molecule has 3 rings (SSSR count). The van der Waals surface area contributed by atoms with E-state index in [1.165, 1.54) is 14.2 Å². The second kappa shape index (κ2) is 12.5. The lowest BCUT2D eigenvalue weighted by Crippen LogP contribution is -2.60. The summed E-state index contributed by atoms with van der Waals surface area (Å²) in [6.07, 6.45) is -4.89. The van der Waals surface area contributed by atoms with Gasteiger partial charge in [-0.2, -0.15) is 13.2 Å². The summed E-state index contributed by atoms with van der Waals surface area (Å²) in [6, 6.07) is 8.43. The molecule has 216 valence electrons. The van der Waals surface area contributed by atoms with E-state index in [0.29, 0.717) is 6.54 Å². The van der Waals surface area contributed by atoms with Crippen LogP contribution in [0.15, 0.2) is 30.3 Å². The minimum atomic E-state index is -5.08. The molecule has 1 aromatic carbocycles. The highest BCUT2D eigenvalue weighted by molar-refractivity contribution is 6.09. The summed E-state index contributed by atoms with van der Waals surface area (Å²) in [5, 5.41) is 13.3. The summed E-state index contributed by atoms with van der Waals surface area (Å²) < 4.78 is 36.9. The van der Waals surface area contributed by atoms with Crippen LogP contribution < -0.4 is 10.6 Å². The van der Waals surface area contributed by atoms with Crippen LogP contribution in [0, 0.1) is 11.8 Å². The van der Waals surface area contributed by atoms with Crippen molar-refractivity contribution >= 4 is 29.8 Å². The number of halogens is 3. The first-order chi connectivity index (χ1) is 18.1. The number of aliphatic carboxylic acids is 1. The number of carboxylic acids is 1. The molecule has 2 aliphatic rings. The Morgan fingerprint density at radius 2 is 1.74 bits per heavy atom. The van der Waals surface area contributed by atoms with E-state index >= 15 is 0 Å². The molecule has 1 aromatic rings. The van der Waals surface area contributed by atoms with Crippen LogP contribution in [-0.4, -0.2) is 95.7 Å². The predicted octanol–water partition coefficient (Wildman–Crippen LogP) is 1.42. The van der Waals surface area contributed by atoms with Gasteiger partial charge in [0.25, 0.3) is 0 Å². The first kappa shape index (κ1) is 31.5. The van der Waals surface area contributed by atoms with Crippen LogP contribution >= 0.6 is 0 Å². The second-order valence-corrected chi connectivity index (χ2v) is 9.56. The Bertz CT molecular complexity index is 1080. The normalized spacial score (nSPS) is 24.1. The predicted molar refractivity (Wildman–Crippen MR) is 131 cm³/mol. The second-order valence-electron chi connectivity index (χ2n) is 9.56. The van der Waals surface area contributed by atoms with Crippen molar-refractivity contribution in [2.45, 2.75) is 51.0 Å². The highest BCUT2D eigenvalue weighted by Crippen LogP contribution is 2.45. The molecule has 2 saturated heterocycles. The Hall–Kier alpha value is -3.68. The molecular formula is C25H33F3N4O7. The number of methoxy groups -OCH3 is 1. The number of carboxylic acid groups (broad SMARTS) is 1. The molecule has 11 nitrogen and oxygen atoms in total. The lowest BCUT2D eigenvalue weighted by atomic mass is 9.76. The number of nitrogens with one attached hydrogen (secondary N) is 2. The van der Waals surface area contributed by atoms with E-state index in [0.717, 1.165) is 10.5 Å². The number of alkyl halides is 3. The average Bonchev–Trinajstić information content (AvgIpc) is 3.30. The van der Waals surface area contributed by atoms with Crippen molar-refractivity contribution in [3.63, 3.8) is 0 Å². The number of benzene rings is 1. The fraction of sp³-hybridized carbons (Fsp3) is 0.560. The van der Waals surface area contributed by atoms with Gasteiger partial charge in [0.15, 0.2) is 0 Å². The maximum atomic E-state index is 13.2. The third-order valence-corrected chi connectivity index (χ3v) is 6.59. The number of carbonyl (C=O) groups excluding carboxylic acids is 4. The van der Waals surface area contributed by atoms with E-state index in [9.17, 15) is 32.3 Å². The number of hydrogen-bond donors (Lipinski definition) is 3. The molecule has 0 spiro atoms. The molecule has 0 saturated carbocycles. The first-order valence-electron chi connectivity index (χ1n) is 12.2. The largest absolute Gasteiger partial charge is 0.490 e. The molecule has 39 heavy (non-hydrogen) atoms. The number of rotatable bonds is 7. The number of urea groups is 1. The van der Waals surface area contributed by atoms with Crippen LogP contribution in [0.5, 0.6) is 0 Å². The topological polar surface area (TPSA) is 145 Å². The highest BCUT2D eigenvalue weighted by Gasteiger charge is 2.68. The molecule has 0 radical (unpaired) electrons. The number of likely N-dealkylation sites (N-methyl/N-ethyl adjacent to an activating group) is 1. The molecule has 4 amide bonds. The van der Waals surface area contributed by atoms with Crippen LogP contribution in [0.2, 0.25) is 0 Å². The van der Waals surface area contributed by atoms with Gasteiger partial charge in [0, 0.05) is 38.6 Å².